The van der Waals surface area contributed by atoms with E-state index in [1.165, 1.54) is 18.2 Å². The van der Waals surface area contributed by atoms with Crippen LogP contribution in [0, 0.1) is 18.6 Å². The van der Waals surface area contributed by atoms with Crippen molar-refractivity contribution in [3.8, 4) is 5.69 Å². The lowest BCUT2D eigenvalue weighted by Gasteiger charge is -2.13. The number of aliphatic imine (C=N–C) groups is 1. The highest BCUT2D eigenvalue weighted by Crippen LogP contribution is 2.16. The van der Waals surface area contributed by atoms with Crippen LogP contribution >= 0.6 is 24.0 Å². The van der Waals surface area contributed by atoms with E-state index in [2.05, 4.69) is 20.6 Å². The minimum Gasteiger partial charge on any atom is -0.352 e. The molecule has 0 aliphatic carbocycles. The summed E-state index contributed by atoms with van der Waals surface area (Å²) in [6.45, 7) is 2.66. The standard InChI is InChI=1S/C20H21F2N5.HI/c1-14-24-8-9-27(14)19-7-6-16(11-18(19)22)13-26-20(23-2)25-12-15-4-3-5-17(21)10-15;/h3-11H,12-13H2,1-2H3,(H2,23,25,26);1H. The first kappa shape index (κ1) is 21.8. The number of hydrogen-bond acceptors (Lipinski definition) is 2. The van der Waals surface area contributed by atoms with Crippen molar-refractivity contribution in [2.75, 3.05) is 7.05 Å². The van der Waals surface area contributed by atoms with Crippen LogP contribution in [0.5, 0.6) is 0 Å². The van der Waals surface area contributed by atoms with Crippen LogP contribution < -0.4 is 10.6 Å². The first-order valence-corrected chi connectivity index (χ1v) is 8.54. The summed E-state index contributed by atoms with van der Waals surface area (Å²) in [7, 11) is 1.65. The third-order valence-electron chi connectivity index (χ3n) is 4.13. The Balaban J connectivity index is 0.00000280. The Kier molecular flexibility index (Phi) is 7.91. The maximum Gasteiger partial charge on any atom is 0.191 e. The van der Waals surface area contributed by atoms with Crippen LogP contribution in [0.2, 0.25) is 0 Å². The number of nitrogens with zero attached hydrogens (tertiary/aromatic N) is 3. The fourth-order valence-corrected chi connectivity index (χ4v) is 2.73. The molecule has 0 atom stereocenters. The van der Waals surface area contributed by atoms with E-state index in [4.69, 9.17) is 0 Å². The molecule has 3 rings (SSSR count). The molecule has 0 bridgehead atoms. The molecular formula is C20H22F2IN5. The number of halogens is 3. The fourth-order valence-electron chi connectivity index (χ4n) is 2.73. The molecule has 1 aromatic heterocycles. The van der Waals surface area contributed by atoms with Crippen LogP contribution in [-0.4, -0.2) is 22.6 Å². The highest BCUT2D eigenvalue weighted by atomic mass is 127. The molecule has 0 fully saturated rings. The molecule has 0 saturated heterocycles. The molecule has 0 unspecified atom stereocenters. The molecule has 148 valence electrons. The zero-order valence-corrected chi connectivity index (χ0v) is 17.9. The number of benzene rings is 2. The van der Waals surface area contributed by atoms with Gasteiger partial charge in [-0.15, -0.1) is 24.0 Å². The number of hydrogen-bond donors (Lipinski definition) is 2. The van der Waals surface area contributed by atoms with E-state index in [0.717, 1.165) is 17.0 Å². The number of nitrogens with one attached hydrogen (secondary N) is 2. The third kappa shape index (κ3) is 5.51. The Labute approximate surface area is 179 Å². The van der Waals surface area contributed by atoms with Crippen LogP contribution in [-0.2, 0) is 13.1 Å². The van der Waals surface area contributed by atoms with Crippen LogP contribution in [0.4, 0.5) is 8.78 Å². The molecule has 0 spiro atoms. The molecule has 0 radical (unpaired) electrons. The maximum atomic E-state index is 14.4. The number of aryl methyl sites for hydroxylation is 1. The smallest absolute Gasteiger partial charge is 0.191 e. The Morgan fingerprint density at radius 2 is 1.79 bits per heavy atom. The van der Waals surface area contributed by atoms with E-state index >= 15 is 0 Å². The second-order valence-corrected chi connectivity index (χ2v) is 6.04. The van der Waals surface area contributed by atoms with E-state index in [1.807, 2.05) is 19.1 Å². The second kappa shape index (κ2) is 10.2. The summed E-state index contributed by atoms with van der Waals surface area (Å²) < 4.78 is 29.4. The Morgan fingerprint density at radius 1 is 1.07 bits per heavy atom. The van der Waals surface area contributed by atoms with Gasteiger partial charge in [0.2, 0.25) is 0 Å². The van der Waals surface area contributed by atoms with Gasteiger partial charge in [-0.05, 0) is 42.3 Å². The summed E-state index contributed by atoms with van der Waals surface area (Å²) in [4.78, 5) is 8.24. The number of rotatable bonds is 5. The number of imidazole rings is 1. The zero-order chi connectivity index (χ0) is 19.2. The summed E-state index contributed by atoms with van der Waals surface area (Å²) in [6.07, 6.45) is 3.36. The second-order valence-electron chi connectivity index (χ2n) is 6.04. The fraction of sp³-hybridized carbons (Fsp3) is 0.200. The van der Waals surface area contributed by atoms with Crippen molar-refractivity contribution in [2.45, 2.75) is 20.0 Å². The largest absolute Gasteiger partial charge is 0.352 e. The summed E-state index contributed by atoms with van der Waals surface area (Å²) in [5.74, 6) is 0.676. The number of guanidine groups is 1. The number of aromatic nitrogens is 2. The van der Waals surface area contributed by atoms with Gasteiger partial charge in [0, 0.05) is 32.5 Å². The van der Waals surface area contributed by atoms with Crippen molar-refractivity contribution >= 4 is 29.9 Å². The van der Waals surface area contributed by atoms with Crippen molar-refractivity contribution in [3.63, 3.8) is 0 Å². The highest BCUT2D eigenvalue weighted by molar-refractivity contribution is 14.0. The molecule has 28 heavy (non-hydrogen) atoms. The Bertz CT molecular complexity index is 955. The Morgan fingerprint density at radius 3 is 2.36 bits per heavy atom. The van der Waals surface area contributed by atoms with Gasteiger partial charge in [-0.1, -0.05) is 18.2 Å². The highest BCUT2D eigenvalue weighted by Gasteiger charge is 2.08. The SMILES string of the molecule is CN=C(NCc1cccc(F)c1)NCc1ccc(-n2ccnc2C)c(F)c1.I. The molecule has 0 aliphatic rings. The molecule has 1 heterocycles. The molecule has 2 N–H and O–H groups in total. The average molecular weight is 497 g/mol. The van der Waals surface area contributed by atoms with Gasteiger partial charge in [0.25, 0.3) is 0 Å². The van der Waals surface area contributed by atoms with Crippen molar-refractivity contribution in [2.24, 2.45) is 4.99 Å². The van der Waals surface area contributed by atoms with E-state index in [9.17, 15) is 8.78 Å². The summed E-state index contributed by atoms with van der Waals surface area (Å²) in [5.41, 5.74) is 2.05. The van der Waals surface area contributed by atoms with E-state index in [1.54, 1.807) is 36.1 Å². The maximum absolute atomic E-state index is 14.4. The van der Waals surface area contributed by atoms with E-state index in [0.29, 0.717) is 24.7 Å². The zero-order valence-electron chi connectivity index (χ0n) is 15.6. The van der Waals surface area contributed by atoms with E-state index < -0.39 is 0 Å². The normalized spacial score (nSPS) is 11.1. The average Bonchev–Trinajstić information content (AvgIpc) is 3.08. The summed E-state index contributed by atoms with van der Waals surface area (Å²) in [6, 6.07) is 11.4. The first-order valence-electron chi connectivity index (χ1n) is 8.54. The van der Waals surface area contributed by atoms with Crippen LogP contribution in [0.3, 0.4) is 0 Å². The van der Waals surface area contributed by atoms with Gasteiger partial charge in [0.1, 0.15) is 17.5 Å². The molecule has 0 saturated carbocycles. The molecule has 2 aromatic carbocycles. The predicted molar refractivity (Wildman–Crippen MR) is 117 cm³/mol. The lowest BCUT2D eigenvalue weighted by atomic mass is 10.2. The van der Waals surface area contributed by atoms with Gasteiger partial charge in [-0.25, -0.2) is 13.8 Å². The van der Waals surface area contributed by atoms with Gasteiger partial charge in [0.15, 0.2) is 5.96 Å². The van der Waals surface area contributed by atoms with Crippen molar-refractivity contribution in [1.29, 1.82) is 0 Å². The van der Waals surface area contributed by atoms with Crippen LogP contribution in [0.15, 0.2) is 59.9 Å². The summed E-state index contributed by atoms with van der Waals surface area (Å²) >= 11 is 0. The van der Waals surface area contributed by atoms with Gasteiger partial charge in [0.05, 0.1) is 5.69 Å². The van der Waals surface area contributed by atoms with Crippen LogP contribution in [0.25, 0.3) is 5.69 Å². The predicted octanol–water partition coefficient (Wildman–Crippen LogP) is 3.94. The summed E-state index contributed by atoms with van der Waals surface area (Å²) in [5, 5.41) is 6.23. The van der Waals surface area contributed by atoms with Gasteiger partial charge >= 0.3 is 0 Å². The lowest BCUT2D eigenvalue weighted by Crippen LogP contribution is -2.36. The van der Waals surface area contributed by atoms with Crippen molar-refractivity contribution in [3.05, 3.63) is 83.4 Å². The van der Waals surface area contributed by atoms with Crippen molar-refractivity contribution in [1.82, 2.24) is 20.2 Å². The molecule has 8 heteroatoms. The Hall–Kier alpha value is -2.49. The molecular weight excluding hydrogens is 475 g/mol. The van der Waals surface area contributed by atoms with Crippen LogP contribution in [0.1, 0.15) is 17.0 Å². The van der Waals surface area contributed by atoms with Gasteiger partial charge in [-0.2, -0.15) is 0 Å². The molecule has 0 aliphatic heterocycles. The van der Waals surface area contributed by atoms with E-state index in [-0.39, 0.29) is 35.6 Å². The molecule has 5 nitrogen and oxygen atoms in total. The molecule has 0 amide bonds. The van der Waals surface area contributed by atoms with Gasteiger partial charge in [-0.3, -0.25) is 4.99 Å². The quantitative estimate of drug-likeness (QED) is 0.319. The minimum absolute atomic E-state index is 0. The lowest BCUT2D eigenvalue weighted by molar-refractivity contribution is 0.613. The topological polar surface area (TPSA) is 54.2 Å². The first-order chi connectivity index (χ1) is 13.1. The van der Waals surface area contributed by atoms with Crippen molar-refractivity contribution < 1.29 is 8.78 Å². The van der Waals surface area contributed by atoms with Gasteiger partial charge < -0.3 is 15.2 Å². The third-order valence-corrected chi connectivity index (χ3v) is 4.13. The monoisotopic (exact) mass is 497 g/mol. The minimum atomic E-state index is -0.321. The molecule has 3 aromatic rings.